The summed E-state index contributed by atoms with van der Waals surface area (Å²) in [7, 11) is 1.46. The molecular formula is C21H26FN3O2. The number of ether oxygens (including phenoxy) is 1. The number of nitrogens with one attached hydrogen (secondary N) is 1. The van der Waals surface area contributed by atoms with E-state index in [9.17, 15) is 9.18 Å². The fraction of sp³-hybridized carbons (Fsp3) is 0.524. The minimum atomic E-state index is -0.357. The standard InChI is InChI=1S/C21H26FN3O2/c1-27-19-8-7-14(11-17(19)22)12-25-10-9-18-16(13-25)21(26)24-20(23-18)15-5-3-2-4-6-15/h7-8,11,15H,2-6,9-10,12-13H2,1H3,(H,23,24,26). The summed E-state index contributed by atoms with van der Waals surface area (Å²) in [4.78, 5) is 22.7. The Kier molecular flexibility index (Phi) is 5.25. The third-order valence-corrected chi connectivity index (χ3v) is 5.78. The molecule has 0 atom stereocenters. The molecule has 144 valence electrons. The molecule has 1 N–H and O–H groups in total. The highest BCUT2D eigenvalue weighted by atomic mass is 19.1. The number of aromatic amines is 1. The van der Waals surface area contributed by atoms with Gasteiger partial charge >= 0.3 is 0 Å². The van der Waals surface area contributed by atoms with Gasteiger partial charge in [-0.2, -0.15) is 0 Å². The van der Waals surface area contributed by atoms with Crippen LogP contribution >= 0.6 is 0 Å². The second kappa shape index (κ2) is 7.80. The van der Waals surface area contributed by atoms with Crippen LogP contribution in [0, 0.1) is 5.82 Å². The second-order valence-corrected chi connectivity index (χ2v) is 7.64. The van der Waals surface area contributed by atoms with Gasteiger partial charge in [-0.1, -0.05) is 25.3 Å². The summed E-state index contributed by atoms with van der Waals surface area (Å²) in [5, 5.41) is 0. The van der Waals surface area contributed by atoms with Gasteiger partial charge < -0.3 is 9.72 Å². The summed E-state index contributed by atoms with van der Waals surface area (Å²) in [5.41, 5.74) is 2.57. The molecule has 0 bridgehead atoms. The van der Waals surface area contributed by atoms with E-state index in [1.54, 1.807) is 6.07 Å². The molecule has 0 amide bonds. The largest absolute Gasteiger partial charge is 0.494 e. The van der Waals surface area contributed by atoms with E-state index in [0.29, 0.717) is 19.0 Å². The monoisotopic (exact) mass is 371 g/mol. The summed E-state index contributed by atoms with van der Waals surface area (Å²) in [6.45, 7) is 1.97. The average Bonchev–Trinajstić information content (AvgIpc) is 2.69. The summed E-state index contributed by atoms with van der Waals surface area (Å²) < 4.78 is 18.9. The average molecular weight is 371 g/mol. The van der Waals surface area contributed by atoms with Crippen molar-refractivity contribution in [2.45, 2.75) is 57.5 Å². The molecule has 6 heteroatoms. The third kappa shape index (κ3) is 3.90. The van der Waals surface area contributed by atoms with Gasteiger partial charge in [-0.05, 0) is 30.5 Å². The topological polar surface area (TPSA) is 58.2 Å². The van der Waals surface area contributed by atoms with Crippen LogP contribution < -0.4 is 10.3 Å². The van der Waals surface area contributed by atoms with Crippen molar-refractivity contribution in [3.05, 3.63) is 57.0 Å². The van der Waals surface area contributed by atoms with E-state index in [-0.39, 0.29) is 17.1 Å². The van der Waals surface area contributed by atoms with Gasteiger partial charge in [0, 0.05) is 32.0 Å². The SMILES string of the molecule is COc1ccc(CN2CCc3nc(C4CCCCC4)[nH]c(=O)c3C2)cc1F. The van der Waals surface area contributed by atoms with Gasteiger partial charge in [-0.25, -0.2) is 9.37 Å². The number of methoxy groups -OCH3 is 1. The number of fused-ring (bicyclic) bond motifs is 1. The fourth-order valence-electron chi connectivity index (χ4n) is 4.27. The van der Waals surface area contributed by atoms with Crippen molar-refractivity contribution in [2.75, 3.05) is 13.7 Å². The van der Waals surface area contributed by atoms with Crippen LogP contribution in [-0.2, 0) is 19.5 Å². The summed E-state index contributed by atoms with van der Waals surface area (Å²) in [6, 6.07) is 5.02. The van der Waals surface area contributed by atoms with E-state index in [1.807, 2.05) is 6.07 Å². The quantitative estimate of drug-likeness (QED) is 0.893. The maximum Gasteiger partial charge on any atom is 0.255 e. The van der Waals surface area contributed by atoms with E-state index in [4.69, 9.17) is 9.72 Å². The molecule has 1 aliphatic carbocycles. The van der Waals surface area contributed by atoms with Gasteiger partial charge in [0.2, 0.25) is 0 Å². The number of benzene rings is 1. The smallest absolute Gasteiger partial charge is 0.255 e. The van der Waals surface area contributed by atoms with Crippen molar-refractivity contribution in [1.29, 1.82) is 0 Å². The first kappa shape index (κ1) is 18.2. The Balaban J connectivity index is 1.49. The Morgan fingerprint density at radius 1 is 1.30 bits per heavy atom. The molecule has 0 spiro atoms. The van der Waals surface area contributed by atoms with Gasteiger partial charge in [0.1, 0.15) is 5.82 Å². The van der Waals surface area contributed by atoms with Crippen LogP contribution in [0.4, 0.5) is 4.39 Å². The minimum Gasteiger partial charge on any atom is -0.494 e. The molecular weight excluding hydrogens is 345 g/mol. The molecule has 1 aliphatic heterocycles. The predicted molar refractivity (Wildman–Crippen MR) is 101 cm³/mol. The van der Waals surface area contributed by atoms with Crippen molar-refractivity contribution in [3.8, 4) is 5.75 Å². The summed E-state index contributed by atoms with van der Waals surface area (Å²) in [5.74, 6) is 1.17. The van der Waals surface area contributed by atoms with Gasteiger partial charge in [-0.3, -0.25) is 9.69 Å². The lowest BCUT2D eigenvalue weighted by Crippen LogP contribution is -2.36. The molecule has 5 nitrogen and oxygen atoms in total. The van der Waals surface area contributed by atoms with Crippen LogP contribution in [0.15, 0.2) is 23.0 Å². The zero-order valence-electron chi connectivity index (χ0n) is 15.8. The molecule has 1 aromatic carbocycles. The minimum absolute atomic E-state index is 0.00816. The number of halogens is 1. The highest BCUT2D eigenvalue weighted by Gasteiger charge is 2.24. The third-order valence-electron chi connectivity index (χ3n) is 5.78. The lowest BCUT2D eigenvalue weighted by molar-refractivity contribution is 0.240. The molecule has 2 aromatic rings. The van der Waals surface area contributed by atoms with Crippen molar-refractivity contribution in [2.24, 2.45) is 0 Å². The van der Waals surface area contributed by atoms with Crippen LogP contribution in [0.3, 0.4) is 0 Å². The number of aromatic nitrogens is 2. The Morgan fingerprint density at radius 2 is 2.11 bits per heavy atom. The van der Waals surface area contributed by atoms with E-state index >= 15 is 0 Å². The molecule has 0 radical (unpaired) electrons. The van der Waals surface area contributed by atoms with Crippen molar-refractivity contribution < 1.29 is 9.13 Å². The van der Waals surface area contributed by atoms with Gasteiger partial charge in [0.25, 0.3) is 5.56 Å². The number of hydrogen-bond acceptors (Lipinski definition) is 4. The zero-order chi connectivity index (χ0) is 18.8. The van der Waals surface area contributed by atoms with Crippen molar-refractivity contribution in [1.82, 2.24) is 14.9 Å². The van der Waals surface area contributed by atoms with Crippen LogP contribution in [0.2, 0.25) is 0 Å². The molecule has 2 heterocycles. The molecule has 0 unspecified atom stereocenters. The van der Waals surface area contributed by atoms with Crippen LogP contribution in [-0.4, -0.2) is 28.5 Å². The maximum atomic E-state index is 13.9. The lowest BCUT2D eigenvalue weighted by Gasteiger charge is -2.29. The Bertz CT molecular complexity index is 874. The number of hydrogen-bond donors (Lipinski definition) is 1. The van der Waals surface area contributed by atoms with Gasteiger partial charge in [-0.15, -0.1) is 0 Å². The highest BCUT2D eigenvalue weighted by molar-refractivity contribution is 5.29. The fourth-order valence-corrected chi connectivity index (χ4v) is 4.27. The Morgan fingerprint density at radius 3 is 2.85 bits per heavy atom. The van der Waals surface area contributed by atoms with E-state index in [2.05, 4.69) is 9.88 Å². The first-order chi connectivity index (χ1) is 13.1. The molecule has 1 aromatic heterocycles. The van der Waals surface area contributed by atoms with Gasteiger partial charge in [0.05, 0.1) is 18.4 Å². The first-order valence-electron chi connectivity index (χ1n) is 9.81. The lowest BCUT2D eigenvalue weighted by atomic mass is 9.88. The molecule has 27 heavy (non-hydrogen) atoms. The van der Waals surface area contributed by atoms with Gasteiger partial charge in [0.15, 0.2) is 11.6 Å². The highest BCUT2D eigenvalue weighted by Crippen LogP contribution is 2.31. The van der Waals surface area contributed by atoms with Crippen LogP contribution in [0.1, 0.15) is 60.7 Å². The Labute approximate surface area is 158 Å². The van der Waals surface area contributed by atoms with Crippen molar-refractivity contribution >= 4 is 0 Å². The normalized spacial score (nSPS) is 18.3. The molecule has 1 saturated carbocycles. The number of rotatable bonds is 4. The summed E-state index contributed by atoms with van der Waals surface area (Å²) in [6.07, 6.45) is 6.73. The molecule has 2 aliphatic rings. The predicted octanol–water partition coefficient (Wildman–Crippen LogP) is 3.52. The van der Waals surface area contributed by atoms with Crippen molar-refractivity contribution in [3.63, 3.8) is 0 Å². The van der Waals surface area contributed by atoms with E-state index < -0.39 is 0 Å². The molecule has 4 rings (SSSR count). The maximum absolute atomic E-state index is 13.9. The van der Waals surface area contributed by atoms with E-state index in [0.717, 1.165) is 48.5 Å². The number of nitrogens with zero attached hydrogens (tertiary/aromatic N) is 2. The second-order valence-electron chi connectivity index (χ2n) is 7.64. The molecule has 1 fully saturated rings. The van der Waals surface area contributed by atoms with Crippen LogP contribution in [0.5, 0.6) is 5.75 Å². The van der Waals surface area contributed by atoms with Crippen LogP contribution in [0.25, 0.3) is 0 Å². The zero-order valence-corrected chi connectivity index (χ0v) is 15.8. The summed E-state index contributed by atoms with van der Waals surface area (Å²) >= 11 is 0. The molecule has 0 saturated heterocycles. The Hall–Kier alpha value is -2.21. The number of H-pyrrole nitrogens is 1. The van der Waals surface area contributed by atoms with E-state index in [1.165, 1.54) is 32.4 Å². The first-order valence-corrected chi connectivity index (χ1v) is 9.81.